The van der Waals surface area contributed by atoms with Crippen LogP contribution in [0.3, 0.4) is 0 Å². The molecule has 0 saturated heterocycles. The van der Waals surface area contributed by atoms with Gasteiger partial charge in [0.05, 0.1) is 11.3 Å². The molecule has 29 heavy (non-hydrogen) atoms. The van der Waals surface area contributed by atoms with E-state index >= 15 is 0 Å². The molecule has 0 atom stereocenters. The Kier molecular flexibility index (Phi) is 4.82. The van der Waals surface area contributed by atoms with E-state index in [2.05, 4.69) is 5.32 Å². The smallest absolute Gasteiger partial charge is 0.349 e. The maximum Gasteiger partial charge on any atom is 0.349 e. The van der Waals surface area contributed by atoms with E-state index in [4.69, 9.17) is 4.74 Å². The predicted molar refractivity (Wildman–Crippen MR) is 108 cm³/mol. The topological polar surface area (TPSA) is 89.5 Å². The number of amides is 1. The molecular weight excluding hydrogens is 390 g/mol. The van der Waals surface area contributed by atoms with Crippen LogP contribution in [-0.2, 0) is 9.53 Å². The Balaban J connectivity index is 1.54. The molecule has 144 valence electrons. The first kappa shape index (κ1) is 18.8. The van der Waals surface area contributed by atoms with E-state index in [-0.39, 0.29) is 28.4 Å². The summed E-state index contributed by atoms with van der Waals surface area (Å²) in [6, 6.07) is 13.1. The second kappa shape index (κ2) is 7.44. The number of aryl methyl sites for hydroxylation is 1. The molecule has 0 radical (unpaired) electrons. The van der Waals surface area contributed by atoms with E-state index in [0.717, 1.165) is 5.56 Å². The molecule has 1 amide bonds. The molecule has 1 N–H and O–H groups in total. The summed E-state index contributed by atoms with van der Waals surface area (Å²) in [6.07, 6.45) is 0. The number of fused-ring (bicyclic) bond motifs is 2. The molecule has 0 fully saturated rings. The number of nitrogens with one attached hydrogen (secondary N) is 1. The van der Waals surface area contributed by atoms with Crippen molar-refractivity contribution in [2.24, 2.45) is 0 Å². The van der Waals surface area contributed by atoms with E-state index in [1.54, 1.807) is 60.8 Å². The second-order valence-corrected chi connectivity index (χ2v) is 7.41. The van der Waals surface area contributed by atoms with Crippen LogP contribution in [0.2, 0.25) is 0 Å². The van der Waals surface area contributed by atoms with Crippen LogP contribution in [0.5, 0.6) is 0 Å². The Morgan fingerprint density at radius 2 is 1.62 bits per heavy atom. The van der Waals surface area contributed by atoms with Crippen molar-refractivity contribution in [3.8, 4) is 0 Å². The van der Waals surface area contributed by atoms with Crippen LogP contribution >= 0.6 is 11.3 Å². The standard InChI is InChI=1S/C22H15NO5S/c1-12-9-10-29-21(12)22(27)28-11-17(24)23-16-8-4-7-15-18(16)20(26)14-6-3-2-5-13(14)19(15)25/h2-10H,11H2,1H3,(H,23,24). The predicted octanol–water partition coefficient (Wildman–Crippen LogP) is 3.63. The maximum atomic E-state index is 12.9. The fraction of sp³-hybridized carbons (Fsp3) is 0.0909. The number of carbonyl (C=O) groups excluding carboxylic acids is 4. The van der Waals surface area contributed by atoms with Gasteiger partial charge in [0.1, 0.15) is 4.88 Å². The zero-order chi connectivity index (χ0) is 20.5. The first-order valence-corrected chi connectivity index (χ1v) is 9.68. The minimum Gasteiger partial charge on any atom is -0.451 e. The molecule has 1 heterocycles. The van der Waals surface area contributed by atoms with Gasteiger partial charge in [0, 0.05) is 16.7 Å². The molecule has 0 spiro atoms. The number of hydrogen-bond donors (Lipinski definition) is 1. The number of ketones is 2. The summed E-state index contributed by atoms with van der Waals surface area (Å²) in [5.74, 6) is -1.79. The number of benzene rings is 2. The highest BCUT2D eigenvalue weighted by molar-refractivity contribution is 7.12. The third kappa shape index (κ3) is 3.36. The van der Waals surface area contributed by atoms with Crippen molar-refractivity contribution in [3.63, 3.8) is 0 Å². The van der Waals surface area contributed by atoms with Crippen molar-refractivity contribution in [2.75, 3.05) is 11.9 Å². The van der Waals surface area contributed by atoms with Gasteiger partial charge >= 0.3 is 5.97 Å². The maximum absolute atomic E-state index is 12.9. The highest BCUT2D eigenvalue weighted by atomic mass is 32.1. The molecule has 4 rings (SSSR count). The molecular formula is C22H15NO5S. The molecule has 6 nitrogen and oxygen atoms in total. The number of anilines is 1. The van der Waals surface area contributed by atoms with Crippen LogP contribution in [0.25, 0.3) is 0 Å². The van der Waals surface area contributed by atoms with Crippen molar-refractivity contribution < 1.29 is 23.9 Å². The molecule has 0 saturated carbocycles. The van der Waals surface area contributed by atoms with Gasteiger partial charge in [0.2, 0.25) is 0 Å². The lowest BCUT2D eigenvalue weighted by Gasteiger charge is -2.20. The molecule has 3 aromatic rings. The average Bonchev–Trinajstić information content (AvgIpc) is 3.16. The highest BCUT2D eigenvalue weighted by Crippen LogP contribution is 2.31. The molecule has 1 aromatic heterocycles. The monoisotopic (exact) mass is 405 g/mol. The number of rotatable bonds is 4. The summed E-state index contributed by atoms with van der Waals surface area (Å²) >= 11 is 1.24. The van der Waals surface area contributed by atoms with Gasteiger partial charge in [-0.25, -0.2) is 4.79 Å². The van der Waals surface area contributed by atoms with Crippen molar-refractivity contribution in [3.05, 3.63) is 86.6 Å². The molecule has 0 aliphatic heterocycles. The fourth-order valence-corrected chi connectivity index (χ4v) is 4.03. The van der Waals surface area contributed by atoms with Gasteiger partial charge in [-0.3, -0.25) is 14.4 Å². The van der Waals surface area contributed by atoms with Crippen LogP contribution in [0.1, 0.15) is 47.1 Å². The minimum absolute atomic E-state index is 0.143. The molecule has 1 aliphatic rings. The Hall–Kier alpha value is -3.58. The van der Waals surface area contributed by atoms with Gasteiger partial charge in [-0.15, -0.1) is 11.3 Å². The number of ether oxygens (including phenoxy) is 1. The number of hydrogen-bond acceptors (Lipinski definition) is 6. The van der Waals surface area contributed by atoms with Gasteiger partial charge < -0.3 is 10.1 Å². The first-order valence-electron chi connectivity index (χ1n) is 8.80. The Labute approximate surface area is 170 Å². The third-order valence-electron chi connectivity index (χ3n) is 4.61. The van der Waals surface area contributed by atoms with E-state index < -0.39 is 18.5 Å². The quantitative estimate of drug-likeness (QED) is 0.524. The van der Waals surface area contributed by atoms with Crippen molar-refractivity contribution in [1.82, 2.24) is 0 Å². The Morgan fingerprint density at radius 1 is 0.931 bits per heavy atom. The lowest BCUT2D eigenvalue weighted by molar-refractivity contribution is -0.119. The lowest BCUT2D eigenvalue weighted by Crippen LogP contribution is -2.26. The zero-order valence-electron chi connectivity index (χ0n) is 15.4. The van der Waals surface area contributed by atoms with Gasteiger partial charge in [0.25, 0.3) is 5.91 Å². The zero-order valence-corrected chi connectivity index (χ0v) is 16.2. The lowest BCUT2D eigenvalue weighted by atomic mass is 9.83. The van der Waals surface area contributed by atoms with Gasteiger partial charge in [-0.1, -0.05) is 36.4 Å². The van der Waals surface area contributed by atoms with Crippen molar-refractivity contribution in [1.29, 1.82) is 0 Å². The fourth-order valence-electron chi connectivity index (χ4n) is 3.21. The minimum atomic E-state index is -0.597. The van der Waals surface area contributed by atoms with Crippen LogP contribution in [-0.4, -0.2) is 30.0 Å². The molecule has 2 aromatic carbocycles. The van der Waals surface area contributed by atoms with Gasteiger partial charge in [-0.05, 0) is 30.0 Å². The summed E-state index contributed by atoms with van der Waals surface area (Å²) in [5.41, 5.74) is 2.01. The van der Waals surface area contributed by atoms with Crippen molar-refractivity contribution in [2.45, 2.75) is 6.92 Å². The number of carbonyl (C=O) groups is 4. The van der Waals surface area contributed by atoms with Crippen molar-refractivity contribution >= 4 is 40.5 Å². The molecule has 7 heteroatoms. The van der Waals surface area contributed by atoms with Crippen LogP contribution in [0.4, 0.5) is 5.69 Å². The highest BCUT2D eigenvalue weighted by Gasteiger charge is 2.31. The first-order chi connectivity index (χ1) is 14.0. The second-order valence-electron chi connectivity index (χ2n) is 6.49. The van der Waals surface area contributed by atoms with Crippen LogP contribution in [0.15, 0.2) is 53.9 Å². The van der Waals surface area contributed by atoms with Gasteiger partial charge in [0.15, 0.2) is 18.2 Å². The molecule has 0 unspecified atom stereocenters. The summed E-state index contributed by atoms with van der Waals surface area (Å²) < 4.78 is 5.06. The Bertz CT molecular complexity index is 1180. The third-order valence-corrected chi connectivity index (χ3v) is 5.60. The molecule has 0 bridgehead atoms. The van der Waals surface area contributed by atoms with E-state index in [1.165, 1.54) is 11.3 Å². The molecule has 1 aliphatic carbocycles. The average molecular weight is 405 g/mol. The SMILES string of the molecule is Cc1ccsc1C(=O)OCC(=O)Nc1cccc2c1C(=O)c1ccccc1C2=O. The normalized spacial score (nSPS) is 12.2. The van der Waals surface area contributed by atoms with Crippen LogP contribution < -0.4 is 5.32 Å². The van der Waals surface area contributed by atoms with E-state index in [1.807, 2.05) is 0 Å². The summed E-state index contributed by atoms with van der Waals surface area (Å²) in [4.78, 5) is 50.5. The largest absolute Gasteiger partial charge is 0.451 e. The Morgan fingerprint density at radius 3 is 2.31 bits per heavy atom. The summed E-state index contributed by atoms with van der Waals surface area (Å²) in [5, 5.41) is 4.35. The van der Waals surface area contributed by atoms with E-state index in [9.17, 15) is 19.2 Å². The van der Waals surface area contributed by atoms with E-state index in [0.29, 0.717) is 16.0 Å². The number of esters is 1. The van der Waals surface area contributed by atoms with Gasteiger partial charge in [-0.2, -0.15) is 0 Å². The number of thiophene rings is 1. The summed E-state index contributed by atoms with van der Waals surface area (Å²) in [6.45, 7) is 1.28. The van der Waals surface area contributed by atoms with Crippen LogP contribution in [0, 0.1) is 6.92 Å². The summed E-state index contributed by atoms with van der Waals surface area (Å²) in [7, 11) is 0.